The molecule has 0 aliphatic rings. The second-order valence-electron chi connectivity index (χ2n) is 5.40. The zero-order chi connectivity index (χ0) is 17.4. The predicted molar refractivity (Wildman–Crippen MR) is 95.1 cm³/mol. The molecule has 7 nitrogen and oxygen atoms in total. The average molecular weight is 375 g/mol. The van der Waals surface area contributed by atoms with Gasteiger partial charge in [-0.15, -0.1) is 0 Å². The molecule has 3 heterocycles. The van der Waals surface area contributed by atoms with Crippen LogP contribution in [0, 0.1) is 0 Å². The molecule has 0 atom stereocenters. The van der Waals surface area contributed by atoms with Crippen molar-refractivity contribution in [3.05, 3.63) is 58.2 Å². The number of hydrogen-bond acceptors (Lipinski definition) is 4. The molecule has 1 aromatic carbocycles. The summed E-state index contributed by atoms with van der Waals surface area (Å²) in [6, 6.07) is 7.16. The van der Waals surface area contributed by atoms with Gasteiger partial charge in [0.25, 0.3) is 5.91 Å². The molecule has 0 radical (unpaired) electrons. The maximum absolute atomic E-state index is 12.3. The number of fused-ring (bicyclic) bond motifs is 2. The largest absolute Gasteiger partial charge is 0.350 e. The standard InChI is InChI=1S/C16H12Cl2N6O/c17-9-2-3-10-11(8-9)22-12(21-10)4-6-20-16(25)14-13(18)15-19-5-1-7-24(15)23-14/h1-3,5,7-8H,4,6H2,(H,20,25)(H,21,22). The first kappa shape index (κ1) is 15.9. The number of benzene rings is 1. The van der Waals surface area contributed by atoms with E-state index in [0.29, 0.717) is 23.6 Å². The smallest absolute Gasteiger partial charge is 0.273 e. The van der Waals surface area contributed by atoms with Gasteiger partial charge in [-0.1, -0.05) is 23.2 Å². The molecule has 0 aliphatic carbocycles. The Labute approximate surface area is 152 Å². The molecule has 0 bridgehead atoms. The number of aromatic nitrogens is 5. The summed E-state index contributed by atoms with van der Waals surface area (Å²) in [5, 5.41) is 7.82. The van der Waals surface area contributed by atoms with Crippen molar-refractivity contribution in [1.29, 1.82) is 0 Å². The van der Waals surface area contributed by atoms with Gasteiger partial charge in [0.15, 0.2) is 11.3 Å². The lowest BCUT2D eigenvalue weighted by molar-refractivity contribution is 0.0949. The van der Waals surface area contributed by atoms with E-state index < -0.39 is 0 Å². The molecule has 9 heteroatoms. The van der Waals surface area contributed by atoms with Crippen LogP contribution in [0.3, 0.4) is 0 Å². The number of hydrogen-bond donors (Lipinski definition) is 2. The Morgan fingerprint density at radius 2 is 2.20 bits per heavy atom. The number of aromatic amines is 1. The molecule has 0 spiro atoms. The van der Waals surface area contributed by atoms with Gasteiger partial charge in [0.1, 0.15) is 10.8 Å². The van der Waals surface area contributed by atoms with E-state index in [9.17, 15) is 4.79 Å². The molecule has 25 heavy (non-hydrogen) atoms. The highest BCUT2D eigenvalue weighted by atomic mass is 35.5. The van der Waals surface area contributed by atoms with Crippen LogP contribution in [0.15, 0.2) is 36.7 Å². The van der Waals surface area contributed by atoms with Crippen molar-refractivity contribution >= 4 is 45.8 Å². The summed E-state index contributed by atoms with van der Waals surface area (Å²) in [7, 11) is 0. The number of amides is 1. The Morgan fingerprint density at radius 3 is 3.04 bits per heavy atom. The topological polar surface area (TPSA) is 88.0 Å². The third-order valence-corrected chi connectivity index (χ3v) is 4.28. The van der Waals surface area contributed by atoms with Gasteiger partial charge in [0, 0.05) is 30.4 Å². The molecule has 4 rings (SSSR count). The van der Waals surface area contributed by atoms with E-state index in [0.717, 1.165) is 16.9 Å². The fraction of sp³-hybridized carbons (Fsp3) is 0.125. The number of nitrogens with one attached hydrogen (secondary N) is 2. The summed E-state index contributed by atoms with van der Waals surface area (Å²) < 4.78 is 1.47. The van der Waals surface area contributed by atoms with Crippen LogP contribution in [0.4, 0.5) is 0 Å². The molecule has 2 N–H and O–H groups in total. The van der Waals surface area contributed by atoms with Crippen molar-refractivity contribution < 1.29 is 4.79 Å². The molecule has 0 aliphatic heterocycles. The quantitative estimate of drug-likeness (QED) is 0.574. The second kappa shape index (κ2) is 6.34. The lowest BCUT2D eigenvalue weighted by atomic mass is 10.3. The molecule has 1 amide bonds. The Kier molecular flexibility index (Phi) is 4.03. The third-order valence-electron chi connectivity index (χ3n) is 3.69. The lowest BCUT2D eigenvalue weighted by Gasteiger charge is -2.01. The van der Waals surface area contributed by atoms with E-state index in [4.69, 9.17) is 23.2 Å². The highest BCUT2D eigenvalue weighted by Crippen LogP contribution is 2.20. The minimum absolute atomic E-state index is 0.150. The van der Waals surface area contributed by atoms with Crippen molar-refractivity contribution in [2.24, 2.45) is 0 Å². The highest BCUT2D eigenvalue weighted by Gasteiger charge is 2.18. The number of halogens is 2. The zero-order valence-corrected chi connectivity index (χ0v) is 14.3. The van der Waals surface area contributed by atoms with E-state index in [1.54, 1.807) is 24.5 Å². The van der Waals surface area contributed by atoms with Crippen molar-refractivity contribution in [3.8, 4) is 0 Å². The van der Waals surface area contributed by atoms with E-state index in [2.05, 4.69) is 25.4 Å². The SMILES string of the molecule is O=C(NCCc1nc2ccc(Cl)cc2[nH]1)c1nn2cccnc2c1Cl. The van der Waals surface area contributed by atoms with Crippen LogP contribution in [0.1, 0.15) is 16.3 Å². The van der Waals surface area contributed by atoms with Crippen molar-refractivity contribution in [3.63, 3.8) is 0 Å². The summed E-state index contributed by atoms with van der Waals surface area (Å²) in [6.45, 7) is 0.393. The molecular formula is C16H12Cl2N6O. The summed E-state index contributed by atoms with van der Waals surface area (Å²) >= 11 is 12.1. The summed E-state index contributed by atoms with van der Waals surface area (Å²) in [5.74, 6) is 0.412. The number of imidazole rings is 1. The minimum Gasteiger partial charge on any atom is -0.350 e. The van der Waals surface area contributed by atoms with Crippen LogP contribution >= 0.6 is 23.2 Å². The Morgan fingerprint density at radius 1 is 1.32 bits per heavy atom. The fourth-order valence-electron chi connectivity index (χ4n) is 2.54. The summed E-state index contributed by atoms with van der Waals surface area (Å²) in [5.41, 5.74) is 2.30. The van der Waals surface area contributed by atoms with Crippen LogP contribution in [-0.4, -0.2) is 37.0 Å². The lowest BCUT2D eigenvalue weighted by Crippen LogP contribution is -2.26. The molecular weight excluding hydrogens is 363 g/mol. The van der Waals surface area contributed by atoms with Crippen LogP contribution < -0.4 is 5.32 Å². The first-order valence-corrected chi connectivity index (χ1v) is 8.28. The number of nitrogens with zero attached hydrogens (tertiary/aromatic N) is 4. The minimum atomic E-state index is -0.352. The number of H-pyrrole nitrogens is 1. The Bertz CT molecular complexity index is 1090. The molecule has 4 aromatic rings. The first-order chi connectivity index (χ1) is 12.1. The Hall–Kier alpha value is -2.64. The van der Waals surface area contributed by atoms with Crippen molar-refractivity contribution in [1.82, 2.24) is 29.9 Å². The van der Waals surface area contributed by atoms with E-state index >= 15 is 0 Å². The van der Waals surface area contributed by atoms with Gasteiger partial charge in [-0.2, -0.15) is 5.10 Å². The maximum Gasteiger partial charge on any atom is 0.273 e. The maximum atomic E-state index is 12.3. The zero-order valence-electron chi connectivity index (χ0n) is 12.8. The molecule has 0 saturated heterocycles. The molecule has 0 unspecified atom stereocenters. The van der Waals surface area contributed by atoms with Crippen LogP contribution in [0.5, 0.6) is 0 Å². The summed E-state index contributed by atoms with van der Waals surface area (Å²) in [4.78, 5) is 24.0. The second-order valence-corrected chi connectivity index (χ2v) is 6.22. The highest BCUT2D eigenvalue weighted by molar-refractivity contribution is 6.36. The van der Waals surface area contributed by atoms with Gasteiger partial charge in [0.2, 0.25) is 0 Å². The van der Waals surface area contributed by atoms with E-state index in [-0.39, 0.29) is 16.6 Å². The van der Waals surface area contributed by atoms with Gasteiger partial charge < -0.3 is 10.3 Å². The van der Waals surface area contributed by atoms with E-state index in [1.807, 2.05) is 12.1 Å². The van der Waals surface area contributed by atoms with Gasteiger partial charge in [-0.3, -0.25) is 4.79 Å². The monoisotopic (exact) mass is 374 g/mol. The van der Waals surface area contributed by atoms with Crippen molar-refractivity contribution in [2.75, 3.05) is 6.54 Å². The molecule has 126 valence electrons. The van der Waals surface area contributed by atoms with Gasteiger partial charge in [0.05, 0.1) is 11.0 Å². The van der Waals surface area contributed by atoms with Crippen LogP contribution in [-0.2, 0) is 6.42 Å². The number of carbonyl (C=O) groups excluding carboxylic acids is 1. The van der Waals surface area contributed by atoms with Crippen molar-refractivity contribution in [2.45, 2.75) is 6.42 Å². The predicted octanol–water partition coefficient (Wildman–Crippen LogP) is 2.88. The first-order valence-electron chi connectivity index (χ1n) is 7.53. The van der Waals surface area contributed by atoms with Crippen LogP contribution in [0.2, 0.25) is 10.0 Å². The third kappa shape index (κ3) is 3.04. The number of carbonyl (C=O) groups is 1. The molecule has 0 saturated carbocycles. The van der Waals surface area contributed by atoms with Gasteiger partial charge in [-0.05, 0) is 24.3 Å². The molecule has 0 fully saturated rings. The van der Waals surface area contributed by atoms with Gasteiger partial charge in [-0.25, -0.2) is 14.5 Å². The summed E-state index contributed by atoms with van der Waals surface area (Å²) in [6.07, 6.45) is 3.82. The van der Waals surface area contributed by atoms with Crippen LogP contribution in [0.25, 0.3) is 16.7 Å². The van der Waals surface area contributed by atoms with E-state index in [1.165, 1.54) is 4.52 Å². The number of rotatable bonds is 4. The fourth-order valence-corrected chi connectivity index (χ4v) is 2.97. The average Bonchev–Trinajstić information content (AvgIpc) is 3.15. The Balaban J connectivity index is 1.44. The normalized spacial score (nSPS) is 11.3. The van der Waals surface area contributed by atoms with Gasteiger partial charge >= 0.3 is 0 Å². The molecule has 3 aromatic heterocycles.